The SMILES string of the molecule is CCCCCCc1cc2c(cc1-c1ccc(N(c3ccc(-c4ccc(CCC)cc4)cc3)c3ccc(C(C)(C)C)cc3)cc1)CCCCCc1cc(ccc1-c1ccc(C(C)(C)C)cc1)-n1c3ccc(-c4ccccc4)cc3c3cc-2ccc31. The fraction of sp³-hybridized carbons (Fsp3) is 0.268. The highest BCUT2D eigenvalue weighted by atomic mass is 15.1. The Labute approximate surface area is 501 Å². The van der Waals surface area contributed by atoms with Gasteiger partial charge < -0.3 is 9.47 Å². The van der Waals surface area contributed by atoms with E-state index in [1.165, 1.54) is 142 Å². The molecule has 0 N–H and O–H groups in total. The molecule has 2 aliphatic heterocycles. The third kappa shape index (κ3) is 11.8. The van der Waals surface area contributed by atoms with E-state index in [2.05, 4.69) is 283 Å². The highest BCUT2D eigenvalue weighted by Crippen LogP contribution is 2.43. The van der Waals surface area contributed by atoms with Gasteiger partial charge in [-0.3, -0.25) is 0 Å². The topological polar surface area (TPSA) is 8.17 Å². The summed E-state index contributed by atoms with van der Waals surface area (Å²) in [6.07, 6.45) is 13.7. The molecule has 0 atom stereocenters. The molecule has 0 fully saturated rings. The molecule has 0 unspecified atom stereocenters. The average Bonchev–Trinajstić information content (AvgIpc) is 2.09. The van der Waals surface area contributed by atoms with Gasteiger partial charge in [0.2, 0.25) is 0 Å². The zero-order valence-corrected chi connectivity index (χ0v) is 51.2. The van der Waals surface area contributed by atoms with Crippen LogP contribution in [-0.4, -0.2) is 4.57 Å². The number of unbranched alkanes of at least 4 members (excludes halogenated alkanes) is 3. The van der Waals surface area contributed by atoms with E-state index >= 15 is 0 Å². The van der Waals surface area contributed by atoms with Crippen molar-refractivity contribution in [2.24, 2.45) is 0 Å². The maximum absolute atomic E-state index is 2.61. The first-order chi connectivity index (χ1) is 40.8. The van der Waals surface area contributed by atoms with E-state index < -0.39 is 0 Å². The molecule has 3 heterocycles. The normalized spacial score (nSPS) is 12.9. The predicted molar refractivity (Wildman–Crippen MR) is 363 cm³/mol. The van der Waals surface area contributed by atoms with Gasteiger partial charge in [0.25, 0.3) is 0 Å². The summed E-state index contributed by atoms with van der Waals surface area (Å²) in [5, 5.41) is 2.58. The molecule has 0 radical (unpaired) electrons. The number of anilines is 3. The molecule has 1 aromatic heterocycles. The molecule has 2 heteroatoms. The van der Waals surface area contributed by atoms with Crippen molar-refractivity contribution in [1.82, 2.24) is 4.57 Å². The molecule has 0 saturated heterocycles. The van der Waals surface area contributed by atoms with E-state index in [0.29, 0.717) is 0 Å². The van der Waals surface area contributed by atoms with Crippen molar-refractivity contribution < 1.29 is 0 Å². The van der Waals surface area contributed by atoms with Crippen molar-refractivity contribution in [2.75, 3.05) is 4.90 Å². The summed E-state index contributed by atoms with van der Waals surface area (Å²) in [4.78, 5) is 2.43. The van der Waals surface area contributed by atoms with Crippen molar-refractivity contribution in [3.05, 3.63) is 252 Å². The van der Waals surface area contributed by atoms with Gasteiger partial charge in [-0.2, -0.15) is 0 Å². The number of benzene rings is 10. The van der Waals surface area contributed by atoms with Crippen LogP contribution in [0.5, 0.6) is 0 Å². The summed E-state index contributed by atoms with van der Waals surface area (Å²) in [5.41, 5.74) is 28.6. The highest BCUT2D eigenvalue weighted by Gasteiger charge is 2.22. The molecule has 13 rings (SSSR count). The molecule has 422 valence electrons. The second-order valence-corrected chi connectivity index (χ2v) is 26.0. The summed E-state index contributed by atoms with van der Waals surface area (Å²) in [6.45, 7) is 18.4. The van der Waals surface area contributed by atoms with Crippen LogP contribution in [0.1, 0.15) is 140 Å². The lowest BCUT2D eigenvalue weighted by Gasteiger charge is -2.27. The first-order valence-electron chi connectivity index (χ1n) is 31.6. The standard InChI is InChI=1S/C82H84N2/c1-9-11-12-15-24-65-55-76-66(54-75(65)62-34-44-71(45-35-62)83(72-46-40-69(41-47-72)82(6,7)8)70-42-32-60(33-43-70)59-28-26-57(20-10-2)27-29-59)25-19-14-18-23-64-52-73(48-49-74(64)61-30-38-68(39-31-61)81(3,4)5)84-79-50-36-63(58-21-16-13-17-22-58)53-77(79)78-56-67(76)37-51-80(78)84/h13,16-17,21-22,26-56H,9-12,14-15,18-20,23-25H2,1-8H3. The van der Waals surface area contributed by atoms with Gasteiger partial charge in [-0.15, -0.1) is 0 Å². The van der Waals surface area contributed by atoms with E-state index in [0.717, 1.165) is 68.4 Å². The largest absolute Gasteiger partial charge is 0.311 e. The van der Waals surface area contributed by atoms with Crippen LogP contribution in [0.15, 0.2) is 218 Å². The molecule has 6 bridgehead atoms. The van der Waals surface area contributed by atoms with Gasteiger partial charge in [0.1, 0.15) is 0 Å². The van der Waals surface area contributed by atoms with E-state index in [4.69, 9.17) is 0 Å². The van der Waals surface area contributed by atoms with Crippen LogP contribution in [-0.2, 0) is 36.5 Å². The van der Waals surface area contributed by atoms with Gasteiger partial charge in [0.15, 0.2) is 0 Å². The van der Waals surface area contributed by atoms with Crippen LogP contribution in [0.2, 0.25) is 0 Å². The molecule has 11 aromatic rings. The van der Waals surface area contributed by atoms with Crippen LogP contribution in [0.25, 0.3) is 83.1 Å². The lowest BCUT2D eigenvalue weighted by atomic mass is 9.85. The summed E-state index contributed by atoms with van der Waals surface area (Å²) in [7, 11) is 0. The molecule has 0 spiro atoms. The van der Waals surface area contributed by atoms with Crippen molar-refractivity contribution in [3.8, 4) is 61.3 Å². The minimum Gasteiger partial charge on any atom is -0.311 e. The van der Waals surface area contributed by atoms with Crippen LogP contribution < -0.4 is 4.90 Å². The summed E-state index contributed by atoms with van der Waals surface area (Å²) >= 11 is 0. The smallest absolute Gasteiger partial charge is 0.0541 e. The van der Waals surface area contributed by atoms with Crippen LogP contribution >= 0.6 is 0 Å². The number of hydrogen-bond acceptors (Lipinski definition) is 1. The Morgan fingerprint density at radius 3 is 1.46 bits per heavy atom. The van der Waals surface area contributed by atoms with Crippen LogP contribution in [0.3, 0.4) is 0 Å². The maximum Gasteiger partial charge on any atom is 0.0541 e. The first-order valence-corrected chi connectivity index (χ1v) is 31.6. The molecule has 0 saturated carbocycles. The van der Waals surface area contributed by atoms with Crippen molar-refractivity contribution in [3.63, 3.8) is 0 Å². The Bertz CT molecular complexity index is 4050. The van der Waals surface area contributed by atoms with E-state index in [9.17, 15) is 0 Å². The van der Waals surface area contributed by atoms with E-state index in [1.54, 1.807) is 0 Å². The van der Waals surface area contributed by atoms with Gasteiger partial charge in [-0.1, -0.05) is 233 Å². The van der Waals surface area contributed by atoms with Crippen molar-refractivity contribution >= 4 is 38.9 Å². The Hall–Kier alpha value is -8.20. The number of rotatable bonds is 14. The van der Waals surface area contributed by atoms with Gasteiger partial charge in [-0.05, 0) is 218 Å². The molecular weight excluding hydrogens is 1010 g/mol. The fourth-order valence-electron chi connectivity index (χ4n) is 13.1. The molecular formula is C82H84N2. The number of hydrogen-bond donors (Lipinski definition) is 0. The van der Waals surface area contributed by atoms with E-state index in [1.807, 2.05) is 0 Å². The zero-order chi connectivity index (χ0) is 58.0. The maximum atomic E-state index is 2.61. The van der Waals surface area contributed by atoms with Crippen LogP contribution in [0.4, 0.5) is 17.1 Å². The number of fused-ring (bicyclic) bond motifs is 6. The summed E-state index contributed by atoms with van der Waals surface area (Å²) in [5.74, 6) is 0. The highest BCUT2D eigenvalue weighted by molar-refractivity contribution is 6.12. The Morgan fingerprint density at radius 2 is 0.869 bits per heavy atom. The molecule has 10 aromatic carbocycles. The molecule has 2 nitrogen and oxygen atoms in total. The third-order valence-electron chi connectivity index (χ3n) is 18.0. The van der Waals surface area contributed by atoms with Crippen molar-refractivity contribution in [2.45, 2.75) is 143 Å². The summed E-state index contributed by atoms with van der Waals surface area (Å²) < 4.78 is 2.54. The van der Waals surface area contributed by atoms with Gasteiger partial charge in [-0.25, -0.2) is 0 Å². The molecule has 0 amide bonds. The Kier molecular flexibility index (Phi) is 16.2. The van der Waals surface area contributed by atoms with E-state index in [-0.39, 0.29) is 10.8 Å². The summed E-state index contributed by atoms with van der Waals surface area (Å²) in [6, 6.07) is 84.3. The van der Waals surface area contributed by atoms with Gasteiger partial charge in [0.05, 0.1) is 11.0 Å². The minimum absolute atomic E-state index is 0.0611. The molecule has 2 aliphatic rings. The number of aromatic nitrogens is 1. The van der Waals surface area contributed by atoms with Crippen molar-refractivity contribution in [1.29, 1.82) is 0 Å². The first kappa shape index (κ1) is 56.3. The molecule has 84 heavy (non-hydrogen) atoms. The van der Waals surface area contributed by atoms with Gasteiger partial charge >= 0.3 is 0 Å². The Balaban J connectivity index is 0.967. The van der Waals surface area contributed by atoms with Gasteiger partial charge in [0, 0.05) is 33.5 Å². The third-order valence-corrected chi connectivity index (χ3v) is 18.0. The number of nitrogens with zero attached hydrogens (tertiary/aromatic N) is 2. The second kappa shape index (κ2) is 24.2. The van der Waals surface area contributed by atoms with Crippen LogP contribution in [0, 0.1) is 0 Å². The number of aryl methyl sites for hydroxylation is 4. The fourth-order valence-corrected chi connectivity index (χ4v) is 13.1. The Morgan fingerprint density at radius 1 is 0.369 bits per heavy atom. The quantitative estimate of drug-likeness (QED) is 0.0986. The lowest BCUT2D eigenvalue weighted by molar-refractivity contribution is 0.590. The minimum atomic E-state index is 0.0611. The second-order valence-electron chi connectivity index (χ2n) is 26.0. The monoisotopic (exact) mass is 1100 g/mol. The lowest BCUT2D eigenvalue weighted by Crippen LogP contribution is -2.13. The molecule has 0 aliphatic carbocycles. The zero-order valence-electron chi connectivity index (χ0n) is 51.2. The predicted octanol–water partition coefficient (Wildman–Crippen LogP) is 23.5. The average molecular weight is 1100 g/mol.